The van der Waals surface area contributed by atoms with Gasteiger partial charge in [-0.15, -0.1) is 0 Å². The van der Waals surface area contributed by atoms with Crippen molar-refractivity contribution in [3.05, 3.63) is 101 Å². The molecule has 0 aromatic heterocycles. The SMILES string of the molecule is Cc1ccc(C(=O)Nc2ccc(COCc3ccccc3)cc2)cc1. The second kappa shape index (κ2) is 8.27. The quantitative estimate of drug-likeness (QED) is 0.693. The molecule has 1 N–H and O–H groups in total. The molecular formula is C22H21NO2. The number of hydrogen-bond donors (Lipinski definition) is 1. The number of carbonyl (C=O) groups excluding carboxylic acids is 1. The van der Waals surface area contributed by atoms with Gasteiger partial charge in [0.25, 0.3) is 5.91 Å². The standard InChI is InChI=1S/C22H21NO2/c1-17-7-11-20(12-8-17)22(24)23-21-13-9-19(10-14-21)16-25-15-18-5-3-2-4-6-18/h2-14H,15-16H2,1H3,(H,23,24). The van der Waals surface area contributed by atoms with Gasteiger partial charge in [-0.2, -0.15) is 0 Å². The van der Waals surface area contributed by atoms with E-state index in [0.717, 1.165) is 22.4 Å². The number of hydrogen-bond acceptors (Lipinski definition) is 2. The van der Waals surface area contributed by atoms with Gasteiger partial charge in [0.1, 0.15) is 0 Å². The lowest BCUT2D eigenvalue weighted by molar-refractivity contribution is 0.102. The lowest BCUT2D eigenvalue weighted by atomic mass is 10.1. The van der Waals surface area contributed by atoms with Gasteiger partial charge in [0, 0.05) is 11.3 Å². The first-order valence-electron chi connectivity index (χ1n) is 8.29. The number of anilines is 1. The van der Waals surface area contributed by atoms with E-state index < -0.39 is 0 Å². The molecule has 0 heterocycles. The number of amides is 1. The molecule has 0 spiro atoms. The lowest BCUT2D eigenvalue weighted by Gasteiger charge is -2.08. The van der Waals surface area contributed by atoms with Gasteiger partial charge >= 0.3 is 0 Å². The molecule has 0 saturated heterocycles. The molecule has 0 aliphatic heterocycles. The average molecular weight is 331 g/mol. The van der Waals surface area contributed by atoms with Crippen molar-refractivity contribution in [3.63, 3.8) is 0 Å². The minimum atomic E-state index is -0.104. The van der Waals surface area contributed by atoms with E-state index in [1.54, 1.807) is 0 Å². The molecule has 0 unspecified atom stereocenters. The van der Waals surface area contributed by atoms with Crippen LogP contribution < -0.4 is 5.32 Å². The van der Waals surface area contributed by atoms with Crippen LogP contribution in [0.4, 0.5) is 5.69 Å². The van der Waals surface area contributed by atoms with Crippen molar-refractivity contribution in [1.29, 1.82) is 0 Å². The highest BCUT2D eigenvalue weighted by molar-refractivity contribution is 6.04. The zero-order valence-electron chi connectivity index (χ0n) is 14.2. The summed E-state index contributed by atoms with van der Waals surface area (Å²) in [7, 11) is 0. The van der Waals surface area contributed by atoms with Gasteiger partial charge in [0.2, 0.25) is 0 Å². The van der Waals surface area contributed by atoms with Gasteiger partial charge in [0.15, 0.2) is 0 Å². The van der Waals surface area contributed by atoms with Crippen molar-refractivity contribution in [2.24, 2.45) is 0 Å². The Balaban J connectivity index is 1.51. The van der Waals surface area contributed by atoms with E-state index in [1.807, 2.05) is 85.8 Å². The smallest absolute Gasteiger partial charge is 0.255 e. The normalized spacial score (nSPS) is 10.4. The zero-order valence-corrected chi connectivity index (χ0v) is 14.2. The Hall–Kier alpha value is -2.91. The summed E-state index contributed by atoms with van der Waals surface area (Å²) in [6, 6.07) is 25.3. The molecule has 0 saturated carbocycles. The van der Waals surface area contributed by atoms with Crippen molar-refractivity contribution >= 4 is 11.6 Å². The molecular weight excluding hydrogens is 310 g/mol. The van der Waals surface area contributed by atoms with Gasteiger partial charge in [-0.25, -0.2) is 0 Å². The summed E-state index contributed by atoms with van der Waals surface area (Å²) in [6.07, 6.45) is 0. The second-order valence-corrected chi connectivity index (χ2v) is 6.00. The van der Waals surface area contributed by atoms with Gasteiger partial charge in [0.05, 0.1) is 13.2 Å². The van der Waals surface area contributed by atoms with Crippen LogP contribution in [0.1, 0.15) is 27.0 Å². The number of nitrogens with one attached hydrogen (secondary N) is 1. The molecule has 1 amide bonds. The first-order chi connectivity index (χ1) is 12.2. The third-order valence-electron chi connectivity index (χ3n) is 3.91. The van der Waals surface area contributed by atoms with Crippen LogP contribution in [0.3, 0.4) is 0 Å². The number of rotatable bonds is 6. The van der Waals surface area contributed by atoms with E-state index in [2.05, 4.69) is 5.32 Å². The minimum absolute atomic E-state index is 0.104. The first-order valence-corrected chi connectivity index (χ1v) is 8.29. The van der Waals surface area contributed by atoms with E-state index in [9.17, 15) is 4.79 Å². The Bertz CT molecular complexity index is 809. The van der Waals surface area contributed by atoms with Crippen molar-refractivity contribution in [3.8, 4) is 0 Å². The maximum absolute atomic E-state index is 12.2. The van der Waals surface area contributed by atoms with Crippen molar-refractivity contribution < 1.29 is 9.53 Å². The summed E-state index contributed by atoms with van der Waals surface area (Å²) in [5.74, 6) is -0.104. The molecule has 3 heteroatoms. The zero-order chi connectivity index (χ0) is 17.5. The highest BCUT2D eigenvalue weighted by Gasteiger charge is 2.05. The summed E-state index contributed by atoms with van der Waals surface area (Å²) in [5.41, 5.74) is 4.79. The van der Waals surface area contributed by atoms with Crippen LogP contribution in [-0.4, -0.2) is 5.91 Å². The largest absolute Gasteiger partial charge is 0.372 e. The molecule has 0 fully saturated rings. The molecule has 3 nitrogen and oxygen atoms in total. The third kappa shape index (κ3) is 5.03. The van der Waals surface area contributed by atoms with E-state index >= 15 is 0 Å². The average Bonchev–Trinajstić information content (AvgIpc) is 2.64. The fourth-order valence-corrected chi connectivity index (χ4v) is 2.45. The van der Waals surface area contributed by atoms with Crippen LogP contribution >= 0.6 is 0 Å². The summed E-state index contributed by atoms with van der Waals surface area (Å²) >= 11 is 0. The highest BCUT2D eigenvalue weighted by atomic mass is 16.5. The van der Waals surface area contributed by atoms with Crippen molar-refractivity contribution in [2.45, 2.75) is 20.1 Å². The highest BCUT2D eigenvalue weighted by Crippen LogP contribution is 2.13. The predicted octanol–water partition coefficient (Wildman–Crippen LogP) is 4.96. The Kier molecular flexibility index (Phi) is 5.60. The Labute approximate surface area is 148 Å². The molecule has 0 radical (unpaired) electrons. The summed E-state index contributed by atoms with van der Waals surface area (Å²) in [5, 5.41) is 2.91. The van der Waals surface area contributed by atoms with Gasteiger partial charge in [-0.1, -0.05) is 60.2 Å². The molecule has 3 rings (SSSR count). The molecule has 0 aliphatic rings. The second-order valence-electron chi connectivity index (χ2n) is 6.00. The predicted molar refractivity (Wildman–Crippen MR) is 101 cm³/mol. The fourth-order valence-electron chi connectivity index (χ4n) is 2.45. The maximum Gasteiger partial charge on any atom is 0.255 e. The topological polar surface area (TPSA) is 38.3 Å². The monoisotopic (exact) mass is 331 g/mol. The Morgan fingerprint density at radius 1 is 0.800 bits per heavy atom. The van der Waals surface area contributed by atoms with Crippen molar-refractivity contribution in [1.82, 2.24) is 0 Å². The fraction of sp³-hybridized carbons (Fsp3) is 0.136. The molecule has 0 atom stereocenters. The molecule has 3 aromatic rings. The third-order valence-corrected chi connectivity index (χ3v) is 3.91. The minimum Gasteiger partial charge on any atom is -0.372 e. The summed E-state index contributed by atoms with van der Waals surface area (Å²) in [6.45, 7) is 3.13. The van der Waals surface area contributed by atoms with Crippen LogP contribution in [0, 0.1) is 6.92 Å². The van der Waals surface area contributed by atoms with E-state index in [-0.39, 0.29) is 5.91 Å². The van der Waals surface area contributed by atoms with Crippen LogP contribution in [0.25, 0.3) is 0 Å². The van der Waals surface area contributed by atoms with E-state index in [0.29, 0.717) is 18.8 Å². The molecule has 0 bridgehead atoms. The number of ether oxygens (including phenoxy) is 1. The van der Waals surface area contributed by atoms with Crippen LogP contribution in [0.15, 0.2) is 78.9 Å². The number of aryl methyl sites for hydroxylation is 1. The van der Waals surface area contributed by atoms with Gasteiger partial charge < -0.3 is 10.1 Å². The van der Waals surface area contributed by atoms with Crippen LogP contribution in [0.5, 0.6) is 0 Å². The maximum atomic E-state index is 12.2. The molecule has 3 aromatic carbocycles. The number of benzene rings is 3. The summed E-state index contributed by atoms with van der Waals surface area (Å²) < 4.78 is 5.72. The first kappa shape index (κ1) is 16.9. The van der Waals surface area contributed by atoms with Gasteiger partial charge in [-0.3, -0.25) is 4.79 Å². The van der Waals surface area contributed by atoms with E-state index in [1.165, 1.54) is 0 Å². The van der Waals surface area contributed by atoms with Crippen molar-refractivity contribution in [2.75, 3.05) is 5.32 Å². The Morgan fingerprint density at radius 3 is 2.04 bits per heavy atom. The Morgan fingerprint density at radius 2 is 1.40 bits per heavy atom. The molecule has 0 aliphatic carbocycles. The van der Waals surface area contributed by atoms with Crippen LogP contribution in [0.2, 0.25) is 0 Å². The van der Waals surface area contributed by atoms with Crippen LogP contribution in [-0.2, 0) is 18.0 Å². The lowest BCUT2D eigenvalue weighted by Crippen LogP contribution is -2.11. The molecule has 25 heavy (non-hydrogen) atoms. The molecule has 126 valence electrons. The van der Waals surface area contributed by atoms with Gasteiger partial charge in [-0.05, 0) is 42.3 Å². The summed E-state index contributed by atoms with van der Waals surface area (Å²) in [4.78, 5) is 12.2. The number of carbonyl (C=O) groups is 1. The van der Waals surface area contributed by atoms with E-state index in [4.69, 9.17) is 4.74 Å².